The number of esters is 1. The summed E-state index contributed by atoms with van der Waals surface area (Å²) in [6.07, 6.45) is 0. The molecule has 0 unspecified atom stereocenters. The van der Waals surface area contributed by atoms with Crippen LogP contribution in [-0.2, 0) is 4.74 Å². The van der Waals surface area contributed by atoms with Gasteiger partial charge in [0.2, 0.25) is 0 Å². The molecule has 3 rings (SSSR count). The van der Waals surface area contributed by atoms with E-state index >= 15 is 0 Å². The second kappa shape index (κ2) is 7.64. The maximum absolute atomic E-state index is 11.7. The SMILES string of the molecule is CCOC(=O)c1ccc(Nc2cc(Nc3cc(C)on3)nc(C)n2)cc1. The quantitative estimate of drug-likeness (QED) is 0.646. The number of aromatic nitrogens is 3. The number of hydrogen-bond donors (Lipinski definition) is 2. The van der Waals surface area contributed by atoms with E-state index in [2.05, 4.69) is 25.8 Å². The summed E-state index contributed by atoms with van der Waals surface area (Å²) in [5.74, 6) is 2.75. The molecule has 26 heavy (non-hydrogen) atoms. The topological polar surface area (TPSA) is 102 Å². The van der Waals surface area contributed by atoms with Gasteiger partial charge in [-0.2, -0.15) is 0 Å². The molecular weight excluding hydrogens is 334 g/mol. The minimum atomic E-state index is -0.341. The number of hydrogen-bond acceptors (Lipinski definition) is 8. The predicted octanol–water partition coefficient (Wildman–Crippen LogP) is 3.75. The van der Waals surface area contributed by atoms with E-state index in [1.165, 1.54) is 0 Å². The highest BCUT2D eigenvalue weighted by atomic mass is 16.5. The van der Waals surface area contributed by atoms with Crippen molar-refractivity contribution in [2.24, 2.45) is 0 Å². The Hall–Kier alpha value is -3.42. The van der Waals surface area contributed by atoms with Gasteiger partial charge in [0.25, 0.3) is 0 Å². The highest BCUT2D eigenvalue weighted by Crippen LogP contribution is 2.20. The van der Waals surface area contributed by atoms with Gasteiger partial charge in [-0.15, -0.1) is 0 Å². The van der Waals surface area contributed by atoms with Crippen LogP contribution in [0.1, 0.15) is 28.9 Å². The van der Waals surface area contributed by atoms with E-state index < -0.39 is 0 Å². The summed E-state index contributed by atoms with van der Waals surface area (Å²) in [7, 11) is 0. The predicted molar refractivity (Wildman–Crippen MR) is 97.0 cm³/mol. The van der Waals surface area contributed by atoms with Crippen LogP contribution in [0.2, 0.25) is 0 Å². The van der Waals surface area contributed by atoms with Crippen LogP contribution < -0.4 is 10.6 Å². The van der Waals surface area contributed by atoms with Crippen LogP contribution in [0, 0.1) is 13.8 Å². The van der Waals surface area contributed by atoms with Crippen LogP contribution in [0.4, 0.5) is 23.1 Å². The van der Waals surface area contributed by atoms with E-state index in [-0.39, 0.29) is 5.97 Å². The molecule has 0 saturated carbocycles. The summed E-state index contributed by atoms with van der Waals surface area (Å²) >= 11 is 0. The van der Waals surface area contributed by atoms with Gasteiger partial charge in [-0.25, -0.2) is 14.8 Å². The molecule has 0 aliphatic rings. The summed E-state index contributed by atoms with van der Waals surface area (Å²) in [6, 6.07) is 10.5. The number of carbonyl (C=O) groups is 1. The van der Waals surface area contributed by atoms with E-state index in [4.69, 9.17) is 9.26 Å². The van der Waals surface area contributed by atoms with E-state index in [1.807, 2.05) is 6.92 Å². The molecule has 8 heteroatoms. The minimum absolute atomic E-state index is 0.341. The fourth-order valence-corrected chi connectivity index (χ4v) is 2.30. The zero-order valence-electron chi connectivity index (χ0n) is 14.7. The van der Waals surface area contributed by atoms with Gasteiger partial charge in [0.05, 0.1) is 12.2 Å². The van der Waals surface area contributed by atoms with Crippen molar-refractivity contribution in [2.45, 2.75) is 20.8 Å². The molecule has 0 aliphatic carbocycles. The standard InChI is InChI=1S/C18H19N5O3/c1-4-25-18(24)13-5-7-14(8-6-13)21-15-10-16(20-12(3)19-15)22-17-9-11(2)26-23-17/h5-10H,4H2,1-3H3,(H2,19,20,21,22,23). The zero-order chi connectivity index (χ0) is 18.5. The summed E-state index contributed by atoms with van der Waals surface area (Å²) in [5.41, 5.74) is 1.29. The lowest BCUT2D eigenvalue weighted by molar-refractivity contribution is 0.0526. The highest BCUT2D eigenvalue weighted by Gasteiger charge is 2.08. The lowest BCUT2D eigenvalue weighted by atomic mass is 10.2. The molecule has 2 N–H and O–H groups in total. The Kier molecular flexibility index (Phi) is 5.12. The van der Waals surface area contributed by atoms with Crippen molar-refractivity contribution in [3.63, 3.8) is 0 Å². The molecular formula is C18H19N5O3. The first kappa shape index (κ1) is 17.4. The van der Waals surface area contributed by atoms with Crippen LogP contribution in [-0.4, -0.2) is 27.7 Å². The molecule has 0 aliphatic heterocycles. The number of carbonyl (C=O) groups excluding carboxylic acids is 1. The van der Waals surface area contributed by atoms with Crippen molar-refractivity contribution in [2.75, 3.05) is 17.2 Å². The van der Waals surface area contributed by atoms with Gasteiger partial charge in [0.1, 0.15) is 23.2 Å². The Morgan fingerprint density at radius 1 is 1.04 bits per heavy atom. The second-order valence-electron chi connectivity index (χ2n) is 5.56. The van der Waals surface area contributed by atoms with Crippen molar-refractivity contribution >= 4 is 29.1 Å². The van der Waals surface area contributed by atoms with Crippen LogP contribution in [0.5, 0.6) is 0 Å². The minimum Gasteiger partial charge on any atom is -0.462 e. The van der Waals surface area contributed by atoms with Gasteiger partial charge in [0.15, 0.2) is 5.82 Å². The molecule has 3 aromatic rings. The first-order valence-electron chi connectivity index (χ1n) is 8.13. The summed E-state index contributed by atoms with van der Waals surface area (Å²) in [4.78, 5) is 20.4. The number of nitrogens with zero attached hydrogens (tertiary/aromatic N) is 3. The van der Waals surface area contributed by atoms with Gasteiger partial charge >= 0.3 is 5.97 Å². The van der Waals surface area contributed by atoms with Gasteiger partial charge < -0.3 is 19.9 Å². The van der Waals surface area contributed by atoms with Crippen molar-refractivity contribution in [3.05, 3.63) is 53.5 Å². The average Bonchev–Trinajstić information content (AvgIpc) is 3.00. The molecule has 0 atom stereocenters. The van der Waals surface area contributed by atoms with Crippen LogP contribution >= 0.6 is 0 Å². The maximum Gasteiger partial charge on any atom is 0.338 e. The molecule has 134 valence electrons. The van der Waals surface area contributed by atoms with Crippen molar-refractivity contribution < 1.29 is 14.1 Å². The van der Waals surface area contributed by atoms with E-state index in [9.17, 15) is 4.79 Å². The lowest BCUT2D eigenvalue weighted by Gasteiger charge is -2.09. The second-order valence-corrected chi connectivity index (χ2v) is 5.56. The van der Waals surface area contributed by atoms with Crippen molar-refractivity contribution in [3.8, 4) is 0 Å². The Bertz CT molecular complexity index is 905. The van der Waals surface area contributed by atoms with Gasteiger partial charge in [-0.1, -0.05) is 5.16 Å². The molecule has 0 fully saturated rings. The van der Waals surface area contributed by atoms with Crippen LogP contribution in [0.15, 0.2) is 40.9 Å². The number of ether oxygens (including phenoxy) is 1. The summed E-state index contributed by atoms with van der Waals surface area (Å²) < 4.78 is 10.0. The average molecular weight is 353 g/mol. The number of anilines is 4. The highest BCUT2D eigenvalue weighted by molar-refractivity contribution is 5.89. The van der Waals surface area contributed by atoms with Crippen molar-refractivity contribution in [1.82, 2.24) is 15.1 Å². The van der Waals surface area contributed by atoms with E-state index in [0.29, 0.717) is 41.2 Å². The van der Waals surface area contributed by atoms with Crippen molar-refractivity contribution in [1.29, 1.82) is 0 Å². The monoisotopic (exact) mass is 353 g/mol. The number of rotatable bonds is 6. The Morgan fingerprint density at radius 2 is 1.73 bits per heavy atom. The normalized spacial score (nSPS) is 10.4. The zero-order valence-corrected chi connectivity index (χ0v) is 14.7. The molecule has 1 aromatic carbocycles. The summed E-state index contributed by atoms with van der Waals surface area (Å²) in [5, 5.41) is 10.1. The smallest absolute Gasteiger partial charge is 0.338 e. The van der Waals surface area contributed by atoms with Gasteiger partial charge in [-0.3, -0.25) is 0 Å². The van der Waals surface area contributed by atoms with E-state index in [0.717, 1.165) is 5.69 Å². The fraction of sp³-hybridized carbons (Fsp3) is 0.222. The number of nitrogens with one attached hydrogen (secondary N) is 2. The molecule has 0 amide bonds. The molecule has 8 nitrogen and oxygen atoms in total. The lowest BCUT2D eigenvalue weighted by Crippen LogP contribution is -2.05. The summed E-state index contributed by atoms with van der Waals surface area (Å²) in [6.45, 7) is 5.74. The Morgan fingerprint density at radius 3 is 2.35 bits per heavy atom. The third kappa shape index (κ3) is 4.35. The first-order valence-corrected chi connectivity index (χ1v) is 8.13. The third-order valence-corrected chi connectivity index (χ3v) is 3.39. The third-order valence-electron chi connectivity index (χ3n) is 3.39. The molecule has 2 heterocycles. The Balaban J connectivity index is 1.74. The van der Waals surface area contributed by atoms with Gasteiger partial charge in [-0.05, 0) is 45.0 Å². The van der Waals surface area contributed by atoms with Crippen LogP contribution in [0.3, 0.4) is 0 Å². The first-order chi connectivity index (χ1) is 12.5. The fourth-order valence-electron chi connectivity index (χ4n) is 2.30. The number of aryl methyl sites for hydroxylation is 2. The Labute approximate surface area is 150 Å². The molecule has 2 aromatic heterocycles. The molecule has 0 bridgehead atoms. The van der Waals surface area contributed by atoms with Gasteiger partial charge in [0, 0.05) is 17.8 Å². The molecule has 0 radical (unpaired) electrons. The number of benzene rings is 1. The molecule has 0 spiro atoms. The largest absolute Gasteiger partial charge is 0.462 e. The van der Waals surface area contributed by atoms with Crippen LogP contribution in [0.25, 0.3) is 0 Å². The molecule has 0 saturated heterocycles. The maximum atomic E-state index is 11.7. The van der Waals surface area contributed by atoms with E-state index in [1.54, 1.807) is 50.2 Å².